The van der Waals surface area contributed by atoms with Gasteiger partial charge in [0.05, 0.1) is 13.2 Å². The lowest BCUT2D eigenvalue weighted by Gasteiger charge is -2.36. The first-order chi connectivity index (χ1) is 9.08. The van der Waals surface area contributed by atoms with Crippen LogP contribution in [0.5, 0.6) is 0 Å². The van der Waals surface area contributed by atoms with Crippen LogP contribution in [0, 0.1) is 0 Å². The summed E-state index contributed by atoms with van der Waals surface area (Å²) < 4.78 is 6.67. The molecule has 1 aromatic carbocycles. The fourth-order valence-electron chi connectivity index (χ4n) is 2.35. The van der Waals surface area contributed by atoms with Crippen molar-refractivity contribution in [1.29, 1.82) is 0 Å². The number of halogens is 1. The van der Waals surface area contributed by atoms with Gasteiger partial charge in [-0.25, -0.2) is 0 Å². The molecule has 4 heteroatoms. The number of rotatable bonds is 4. The number of anilines is 1. The van der Waals surface area contributed by atoms with Crippen molar-refractivity contribution in [3.8, 4) is 0 Å². The summed E-state index contributed by atoms with van der Waals surface area (Å²) in [5, 5.41) is 3.50. The molecule has 2 rings (SSSR count). The molecule has 1 aliphatic rings. The molecule has 0 aromatic heterocycles. The summed E-state index contributed by atoms with van der Waals surface area (Å²) in [6, 6.07) is 7.47. The first kappa shape index (κ1) is 14.8. The van der Waals surface area contributed by atoms with Crippen LogP contribution in [0.3, 0.4) is 0 Å². The molecule has 1 heterocycles. The first-order valence-electron chi connectivity index (χ1n) is 6.94. The van der Waals surface area contributed by atoms with Gasteiger partial charge in [0.25, 0.3) is 0 Å². The Kier molecular flexibility index (Phi) is 5.25. The predicted molar refractivity (Wildman–Crippen MR) is 83.7 cm³/mol. The normalized spacial score (nSPS) is 20.1. The SMILES string of the molecule is CC(C)NCc1ccc(Br)cc1N1CCOCC1C. The van der Waals surface area contributed by atoms with Gasteiger partial charge >= 0.3 is 0 Å². The van der Waals surface area contributed by atoms with Crippen LogP contribution in [0.4, 0.5) is 5.69 Å². The summed E-state index contributed by atoms with van der Waals surface area (Å²) in [6.07, 6.45) is 0. The predicted octanol–water partition coefficient (Wildman–Crippen LogP) is 3.17. The third-order valence-electron chi connectivity index (χ3n) is 3.43. The van der Waals surface area contributed by atoms with E-state index in [0.29, 0.717) is 12.1 Å². The van der Waals surface area contributed by atoms with Crippen LogP contribution >= 0.6 is 15.9 Å². The topological polar surface area (TPSA) is 24.5 Å². The molecule has 106 valence electrons. The average Bonchev–Trinajstić information content (AvgIpc) is 2.37. The molecular formula is C15H23BrN2O. The Morgan fingerprint density at radius 2 is 2.26 bits per heavy atom. The van der Waals surface area contributed by atoms with E-state index in [2.05, 4.69) is 65.1 Å². The van der Waals surface area contributed by atoms with Gasteiger partial charge in [-0.1, -0.05) is 35.8 Å². The number of hydrogen-bond donors (Lipinski definition) is 1. The Labute approximate surface area is 124 Å². The van der Waals surface area contributed by atoms with Crippen molar-refractivity contribution in [2.75, 3.05) is 24.7 Å². The van der Waals surface area contributed by atoms with Gasteiger partial charge in [0.2, 0.25) is 0 Å². The van der Waals surface area contributed by atoms with Gasteiger partial charge in [-0.05, 0) is 24.6 Å². The summed E-state index contributed by atoms with van der Waals surface area (Å²) in [5.41, 5.74) is 2.67. The second-order valence-electron chi connectivity index (χ2n) is 5.43. The van der Waals surface area contributed by atoms with Crippen molar-refractivity contribution in [3.63, 3.8) is 0 Å². The van der Waals surface area contributed by atoms with Crippen LogP contribution < -0.4 is 10.2 Å². The van der Waals surface area contributed by atoms with Crippen molar-refractivity contribution in [2.24, 2.45) is 0 Å². The van der Waals surface area contributed by atoms with Crippen LogP contribution in [-0.4, -0.2) is 31.8 Å². The zero-order valence-electron chi connectivity index (χ0n) is 11.9. The van der Waals surface area contributed by atoms with Gasteiger partial charge in [-0.15, -0.1) is 0 Å². The highest BCUT2D eigenvalue weighted by Gasteiger charge is 2.21. The molecular weight excluding hydrogens is 304 g/mol. The van der Waals surface area contributed by atoms with Crippen LogP contribution in [0.1, 0.15) is 26.3 Å². The molecule has 1 fully saturated rings. The van der Waals surface area contributed by atoms with E-state index in [-0.39, 0.29) is 0 Å². The third kappa shape index (κ3) is 3.94. The fourth-order valence-corrected chi connectivity index (χ4v) is 2.70. The maximum Gasteiger partial charge on any atom is 0.0668 e. The Bertz CT molecular complexity index is 423. The van der Waals surface area contributed by atoms with Gasteiger partial charge in [0, 0.05) is 35.3 Å². The number of ether oxygens (including phenoxy) is 1. The van der Waals surface area contributed by atoms with Gasteiger partial charge in [-0.2, -0.15) is 0 Å². The molecule has 1 aromatic rings. The Hall–Kier alpha value is -0.580. The smallest absolute Gasteiger partial charge is 0.0668 e. The molecule has 0 saturated carbocycles. The molecule has 0 radical (unpaired) electrons. The van der Waals surface area contributed by atoms with Crippen LogP contribution in [0.2, 0.25) is 0 Å². The Morgan fingerprint density at radius 3 is 2.95 bits per heavy atom. The lowest BCUT2D eigenvalue weighted by Crippen LogP contribution is -2.44. The Balaban J connectivity index is 2.23. The second kappa shape index (κ2) is 6.73. The maximum absolute atomic E-state index is 5.53. The van der Waals surface area contributed by atoms with E-state index in [4.69, 9.17) is 4.74 Å². The molecule has 0 aliphatic carbocycles. The van der Waals surface area contributed by atoms with E-state index in [9.17, 15) is 0 Å². The fraction of sp³-hybridized carbons (Fsp3) is 0.600. The quantitative estimate of drug-likeness (QED) is 0.919. The molecule has 3 nitrogen and oxygen atoms in total. The molecule has 19 heavy (non-hydrogen) atoms. The van der Waals surface area contributed by atoms with E-state index < -0.39 is 0 Å². The van der Waals surface area contributed by atoms with Gasteiger partial charge in [0.15, 0.2) is 0 Å². The molecule has 0 bridgehead atoms. The van der Waals surface area contributed by atoms with Crippen molar-refractivity contribution in [3.05, 3.63) is 28.2 Å². The summed E-state index contributed by atoms with van der Waals surface area (Å²) in [4.78, 5) is 2.45. The summed E-state index contributed by atoms with van der Waals surface area (Å²) in [5.74, 6) is 0. The highest BCUT2D eigenvalue weighted by Crippen LogP contribution is 2.28. The van der Waals surface area contributed by atoms with Gasteiger partial charge < -0.3 is 15.0 Å². The average molecular weight is 327 g/mol. The molecule has 1 saturated heterocycles. The Morgan fingerprint density at radius 1 is 1.47 bits per heavy atom. The number of nitrogens with one attached hydrogen (secondary N) is 1. The highest BCUT2D eigenvalue weighted by atomic mass is 79.9. The first-order valence-corrected chi connectivity index (χ1v) is 7.73. The van der Waals surface area contributed by atoms with Gasteiger partial charge in [0.1, 0.15) is 0 Å². The molecule has 1 atom stereocenters. The molecule has 0 amide bonds. The van der Waals surface area contributed by atoms with E-state index in [1.807, 2.05) is 0 Å². The largest absolute Gasteiger partial charge is 0.377 e. The standard InChI is InChI=1S/C15H23BrN2O/c1-11(2)17-9-13-4-5-14(16)8-15(13)18-6-7-19-10-12(18)3/h4-5,8,11-12,17H,6-7,9-10H2,1-3H3. The zero-order valence-corrected chi connectivity index (χ0v) is 13.5. The summed E-state index contributed by atoms with van der Waals surface area (Å²) >= 11 is 3.58. The number of nitrogens with zero attached hydrogens (tertiary/aromatic N) is 1. The minimum atomic E-state index is 0.431. The molecule has 1 aliphatic heterocycles. The van der Waals surface area contributed by atoms with E-state index in [1.165, 1.54) is 11.3 Å². The zero-order chi connectivity index (χ0) is 13.8. The van der Waals surface area contributed by atoms with Crippen LogP contribution in [-0.2, 0) is 11.3 Å². The van der Waals surface area contributed by atoms with E-state index >= 15 is 0 Å². The van der Waals surface area contributed by atoms with E-state index in [1.54, 1.807) is 0 Å². The highest BCUT2D eigenvalue weighted by molar-refractivity contribution is 9.10. The molecule has 1 N–H and O–H groups in total. The van der Waals surface area contributed by atoms with Crippen molar-refractivity contribution < 1.29 is 4.74 Å². The van der Waals surface area contributed by atoms with Gasteiger partial charge in [-0.3, -0.25) is 0 Å². The van der Waals surface area contributed by atoms with Crippen molar-refractivity contribution >= 4 is 21.6 Å². The lowest BCUT2D eigenvalue weighted by atomic mass is 10.1. The minimum Gasteiger partial charge on any atom is -0.377 e. The summed E-state index contributed by atoms with van der Waals surface area (Å²) in [6.45, 7) is 10.1. The lowest BCUT2D eigenvalue weighted by molar-refractivity contribution is 0.0988. The monoisotopic (exact) mass is 326 g/mol. The maximum atomic E-state index is 5.53. The van der Waals surface area contributed by atoms with Crippen LogP contribution in [0.15, 0.2) is 22.7 Å². The number of benzene rings is 1. The molecule has 1 unspecified atom stereocenters. The van der Waals surface area contributed by atoms with Crippen molar-refractivity contribution in [1.82, 2.24) is 5.32 Å². The van der Waals surface area contributed by atoms with E-state index in [0.717, 1.165) is 30.8 Å². The van der Waals surface area contributed by atoms with Crippen LogP contribution in [0.25, 0.3) is 0 Å². The third-order valence-corrected chi connectivity index (χ3v) is 3.92. The number of hydrogen-bond acceptors (Lipinski definition) is 3. The minimum absolute atomic E-state index is 0.431. The number of morpholine rings is 1. The van der Waals surface area contributed by atoms with Crippen molar-refractivity contribution in [2.45, 2.75) is 39.4 Å². The second-order valence-corrected chi connectivity index (χ2v) is 6.34. The summed E-state index contributed by atoms with van der Waals surface area (Å²) in [7, 11) is 0. The molecule has 0 spiro atoms.